The van der Waals surface area contributed by atoms with Crippen molar-refractivity contribution in [1.29, 1.82) is 0 Å². The number of imidazole rings is 1. The molecule has 0 saturated carbocycles. The Balaban J connectivity index is 3.15. The van der Waals surface area contributed by atoms with E-state index in [1.54, 1.807) is 7.05 Å². The molecule has 0 spiro atoms. The number of carboxylic acid groups (broad SMARTS) is 1. The SMILES string of the molecule is Cn1cc(Cl)nc1C(=O)O. The molecular formula is C5H5ClN2O2. The van der Waals surface area contributed by atoms with Gasteiger partial charge in [0.2, 0.25) is 5.82 Å². The fourth-order valence-corrected chi connectivity index (χ4v) is 0.855. The van der Waals surface area contributed by atoms with Crippen molar-refractivity contribution < 1.29 is 9.90 Å². The van der Waals surface area contributed by atoms with Crippen LogP contribution in [-0.4, -0.2) is 20.6 Å². The lowest BCUT2D eigenvalue weighted by Crippen LogP contribution is -2.04. The number of hydrogen-bond donors (Lipinski definition) is 1. The maximum Gasteiger partial charge on any atom is 0.372 e. The van der Waals surface area contributed by atoms with Crippen LogP contribution in [-0.2, 0) is 7.05 Å². The van der Waals surface area contributed by atoms with Crippen LogP contribution < -0.4 is 0 Å². The van der Waals surface area contributed by atoms with E-state index in [1.807, 2.05) is 0 Å². The minimum atomic E-state index is -1.07. The molecule has 10 heavy (non-hydrogen) atoms. The van der Waals surface area contributed by atoms with Gasteiger partial charge in [0.1, 0.15) is 5.15 Å². The summed E-state index contributed by atoms with van der Waals surface area (Å²) in [6, 6.07) is 0. The molecule has 0 unspecified atom stereocenters. The first-order valence-corrected chi connectivity index (χ1v) is 2.91. The van der Waals surface area contributed by atoms with Crippen molar-refractivity contribution in [3.05, 3.63) is 17.2 Å². The first-order valence-electron chi connectivity index (χ1n) is 2.53. The molecule has 0 aliphatic heterocycles. The summed E-state index contributed by atoms with van der Waals surface area (Å²) in [5.41, 5.74) is 0. The van der Waals surface area contributed by atoms with E-state index in [2.05, 4.69) is 4.98 Å². The second-order valence-corrected chi connectivity index (χ2v) is 2.19. The van der Waals surface area contributed by atoms with Crippen LogP contribution in [0.25, 0.3) is 0 Å². The van der Waals surface area contributed by atoms with Crippen molar-refractivity contribution >= 4 is 17.6 Å². The summed E-state index contributed by atoms with van der Waals surface area (Å²) in [4.78, 5) is 13.8. The Morgan fingerprint density at radius 1 is 1.90 bits per heavy atom. The zero-order valence-electron chi connectivity index (χ0n) is 5.21. The highest BCUT2D eigenvalue weighted by Gasteiger charge is 2.09. The molecule has 0 amide bonds. The molecular weight excluding hydrogens is 156 g/mol. The zero-order valence-corrected chi connectivity index (χ0v) is 5.96. The average Bonchev–Trinajstić information content (AvgIpc) is 2.10. The van der Waals surface area contributed by atoms with Crippen LogP contribution in [0.5, 0.6) is 0 Å². The van der Waals surface area contributed by atoms with Crippen LogP contribution in [0, 0.1) is 0 Å². The molecule has 0 atom stereocenters. The molecule has 0 radical (unpaired) electrons. The minimum absolute atomic E-state index is 0.0509. The van der Waals surface area contributed by atoms with Crippen LogP contribution >= 0.6 is 11.6 Å². The summed E-state index contributed by atoms with van der Waals surface area (Å²) in [6.07, 6.45) is 1.44. The number of rotatable bonds is 1. The highest BCUT2D eigenvalue weighted by molar-refractivity contribution is 6.29. The van der Waals surface area contributed by atoms with Gasteiger partial charge in [-0.2, -0.15) is 0 Å². The standard InChI is InChI=1S/C5H5ClN2O2/c1-8-2-3(6)7-4(8)5(9)10/h2H,1H3,(H,9,10). The highest BCUT2D eigenvalue weighted by atomic mass is 35.5. The monoisotopic (exact) mass is 160 g/mol. The Kier molecular flexibility index (Phi) is 1.63. The van der Waals surface area contributed by atoms with E-state index >= 15 is 0 Å². The maximum atomic E-state index is 10.3. The lowest BCUT2D eigenvalue weighted by molar-refractivity contribution is 0.0680. The summed E-state index contributed by atoms with van der Waals surface area (Å²) in [7, 11) is 1.57. The number of carbonyl (C=O) groups is 1. The number of aromatic carboxylic acids is 1. The van der Waals surface area contributed by atoms with Gasteiger partial charge in [-0.1, -0.05) is 11.6 Å². The average molecular weight is 161 g/mol. The number of halogens is 1. The smallest absolute Gasteiger partial charge is 0.372 e. The summed E-state index contributed by atoms with van der Waals surface area (Å²) in [5.74, 6) is -1.13. The van der Waals surface area contributed by atoms with Crippen LogP contribution in [0.15, 0.2) is 6.20 Å². The summed E-state index contributed by atoms with van der Waals surface area (Å²) in [6.45, 7) is 0. The van der Waals surface area contributed by atoms with Crippen molar-refractivity contribution in [3.63, 3.8) is 0 Å². The Morgan fingerprint density at radius 2 is 2.50 bits per heavy atom. The Hall–Kier alpha value is -1.03. The molecule has 1 heterocycles. The van der Waals surface area contributed by atoms with E-state index in [9.17, 15) is 4.79 Å². The predicted molar refractivity (Wildman–Crippen MR) is 35.2 cm³/mol. The second-order valence-electron chi connectivity index (χ2n) is 1.80. The van der Waals surface area contributed by atoms with Crippen LogP contribution in [0.1, 0.15) is 10.6 Å². The van der Waals surface area contributed by atoms with E-state index in [-0.39, 0.29) is 11.0 Å². The van der Waals surface area contributed by atoms with Crippen LogP contribution in [0.3, 0.4) is 0 Å². The van der Waals surface area contributed by atoms with E-state index in [0.717, 1.165) is 0 Å². The fraction of sp³-hybridized carbons (Fsp3) is 0.200. The molecule has 0 fully saturated rings. The van der Waals surface area contributed by atoms with Gasteiger partial charge < -0.3 is 9.67 Å². The number of hydrogen-bond acceptors (Lipinski definition) is 2. The molecule has 0 saturated heterocycles. The molecule has 5 heteroatoms. The molecule has 0 bridgehead atoms. The van der Waals surface area contributed by atoms with Crippen molar-refractivity contribution in [2.75, 3.05) is 0 Å². The van der Waals surface area contributed by atoms with Gasteiger partial charge in [0.25, 0.3) is 0 Å². The molecule has 0 aromatic carbocycles. The third-order valence-electron chi connectivity index (χ3n) is 1.04. The van der Waals surface area contributed by atoms with E-state index in [1.165, 1.54) is 10.8 Å². The van der Waals surface area contributed by atoms with Gasteiger partial charge in [0, 0.05) is 13.2 Å². The minimum Gasteiger partial charge on any atom is -0.475 e. The van der Waals surface area contributed by atoms with Gasteiger partial charge >= 0.3 is 5.97 Å². The lowest BCUT2D eigenvalue weighted by atomic mass is 10.6. The van der Waals surface area contributed by atoms with Crippen LogP contribution in [0.2, 0.25) is 5.15 Å². The molecule has 0 aliphatic carbocycles. The second kappa shape index (κ2) is 2.30. The van der Waals surface area contributed by atoms with Gasteiger partial charge in [-0.25, -0.2) is 9.78 Å². The third kappa shape index (κ3) is 1.11. The molecule has 54 valence electrons. The first kappa shape index (κ1) is 7.08. The zero-order chi connectivity index (χ0) is 7.72. The van der Waals surface area contributed by atoms with E-state index < -0.39 is 5.97 Å². The Morgan fingerprint density at radius 3 is 2.70 bits per heavy atom. The summed E-state index contributed by atoms with van der Waals surface area (Å²) in [5, 5.41) is 8.63. The highest BCUT2D eigenvalue weighted by Crippen LogP contribution is 2.06. The Bertz CT molecular complexity index is 269. The van der Waals surface area contributed by atoms with Gasteiger partial charge in [-0.3, -0.25) is 0 Å². The maximum absolute atomic E-state index is 10.3. The van der Waals surface area contributed by atoms with Crippen molar-refractivity contribution in [2.24, 2.45) is 7.05 Å². The largest absolute Gasteiger partial charge is 0.475 e. The van der Waals surface area contributed by atoms with Gasteiger partial charge in [0.05, 0.1) is 0 Å². The number of aryl methyl sites for hydroxylation is 1. The third-order valence-corrected chi connectivity index (χ3v) is 1.22. The Labute approximate surface area is 62.1 Å². The molecule has 4 nitrogen and oxygen atoms in total. The fourth-order valence-electron chi connectivity index (χ4n) is 0.629. The van der Waals surface area contributed by atoms with Gasteiger partial charge in [-0.15, -0.1) is 0 Å². The summed E-state index contributed by atoms with van der Waals surface area (Å²) >= 11 is 5.41. The van der Waals surface area contributed by atoms with Crippen molar-refractivity contribution in [1.82, 2.24) is 9.55 Å². The quantitative estimate of drug-likeness (QED) is 0.660. The van der Waals surface area contributed by atoms with Crippen LogP contribution in [0.4, 0.5) is 0 Å². The van der Waals surface area contributed by atoms with Crippen molar-refractivity contribution in [3.8, 4) is 0 Å². The number of carboxylic acids is 1. The summed E-state index contributed by atoms with van der Waals surface area (Å²) < 4.78 is 1.35. The van der Waals surface area contributed by atoms with Gasteiger partial charge in [0.15, 0.2) is 0 Å². The molecule has 1 N–H and O–H groups in total. The van der Waals surface area contributed by atoms with E-state index in [0.29, 0.717) is 0 Å². The molecule has 1 aromatic heterocycles. The molecule has 1 aromatic rings. The number of nitrogens with zero attached hydrogens (tertiary/aromatic N) is 2. The molecule has 1 rings (SSSR count). The van der Waals surface area contributed by atoms with E-state index in [4.69, 9.17) is 16.7 Å². The topological polar surface area (TPSA) is 55.1 Å². The predicted octanol–water partition coefficient (Wildman–Crippen LogP) is 0.772. The molecule has 0 aliphatic rings. The first-order chi connectivity index (χ1) is 4.61. The van der Waals surface area contributed by atoms with Crippen molar-refractivity contribution in [2.45, 2.75) is 0 Å². The van der Waals surface area contributed by atoms with Gasteiger partial charge in [-0.05, 0) is 0 Å². The number of aromatic nitrogens is 2. The normalized spacial score (nSPS) is 9.80. The lowest BCUT2D eigenvalue weighted by Gasteiger charge is -1.90.